The number of carbonyl (C=O) groups is 1. The lowest BCUT2D eigenvalue weighted by Gasteiger charge is -2.13. The van der Waals surface area contributed by atoms with E-state index in [1.54, 1.807) is 31.2 Å². The van der Waals surface area contributed by atoms with E-state index in [4.69, 9.17) is 37.8 Å². The summed E-state index contributed by atoms with van der Waals surface area (Å²) in [6, 6.07) is 6.38. The number of benzene rings is 1. The molecular weight excluding hydrogens is 367 g/mol. The third kappa shape index (κ3) is 2.83. The van der Waals surface area contributed by atoms with Gasteiger partial charge in [-0.05, 0) is 13.0 Å². The Kier molecular flexibility index (Phi) is 4.41. The molecule has 3 rings (SSSR count). The maximum absolute atomic E-state index is 12.6. The Hall–Kier alpha value is -2.57. The van der Waals surface area contributed by atoms with Gasteiger partial charge < -0.3 is 14.1 Å². The second-order valence-corrected chi connectivity index (χ2v) is 6.08. The van der Waals surface area contributed by atoms with Crippen molar-refractivity contribution in [2.75, 3.05) is 7.11 Å². The van der Waals surface area contributed by atoms with Gasteiger partial charge in [0, 0.05) is 22.9 Å². The number of fused-ring (bicyclic) bond motifs is 1. The van der Waals surface area contributed by atoms with Crippen molar-refractivity contribution < 1.29 is 13.9 Å². The number of aromatic nitrogens is 1. The largest absolute Gasteiger partial charge is 0.465 e. The number of aromatic amines is 1. The minimum atomic E-state index is -0.818. The fraction of sp³-hybridized carbons (Fsp3) is 0.118. The predicted molar refractivity (Wildman–Crippen MR) is 94.2 cm³/mol. The molecule has 6 nitrogen and oxygen atoms in total. The van der Waals surface area contributed by atoms with E-state index in [-0.39, 0.29) is 32.1 Å². The smallest absolute Gasteiger partial charge is 0.344 e. The molecule has 0 aliphatic heterocycles. The van der Waals surface area contributed by atoms with Gasteiger partial charge in [-0.2, -0.15) is 0 Å². The molecule has 0 fully saturated rings. The van der Waals surface area contributed by atoms with E-state index in [0.717, 1.165) is 0 Å². The van der Waals surface area contributed by atoms with Crippen LogP contribution >= 0.6 is 23.2 Å². The Morgan fingerprint density at radius 3 is 2.72 bits per heavy atom. The van der Waals surface area contributed by atoms with Gasteiger partial charge in [-0.15, -0.1) is 0 Å². The van der Waals surface area contributed by atoms with Crippen molar-refractivity contribution in [2.45, 2.75) is 6.92 Å². The van der Waals surface area contributed by atoms with Gasteiger partial charge in [0.25, 0.3) is 5.56 Å². The number of carbonyl (C=O) groups excluding carboxylic acids is 1. The summed E-state index contributed by atoms with van der Waals surface area (Å²) in [5.74, 6) is -0.818. The molecule has 0 saturated carbocycles. The van der Waals surface area contributed by atoms with Gasteiger partial charge in [0.05, 0.1) is 22.5 Å². The van der Waals surface area contributed by atoms with Gasteiger partial charge in [0.1, 0.15) is 11.1 Å². The molecule has 25 heavy (non-hydrogen) atoms. The van der Waals surface area contributed by atoms with Crippen LogP contribution in [0.3, 0.4) is 0 Å². The van der Waals surface area contributed by atoms with Gasteiger partial charge in [-0.25, -0.2) is 4.79 Å². The number of ether oxygens (including phenoxy) is 1. The highest BCUT2D eigenvalue weighted by Gasteiger charge is 2.25. The zero-order valence-corrected chi connectivity index (χ0v) is 14.7. The first-order valence-corrected chi connectivity index (χ1v) is 7.88. The molecular formula is C17H12Cl2N2O4. The minimum absolute atomic E-state index is 0.0890. The zero-order valence-electron chi connectivity index (χ0n) is 13.2. The number of methoxy groups -OCH3 is 1. The van der Waals surface area contributed by atoms with Crippen LogP contribution in [0, 0.1) is 12.3 Å². The van der Waals surface area contributed by atoms with E-state index in [1.165, 1.54) is 7.11 Å². The number of hydrogen-bond donors (Lipinski definition) is 2. The highest BCUT2D eigenvalue weighted by atomic mass is 35.5. The number of aryl methyl sites for hydroxylation is 1. The quantitative estimate of drug-likeness (QED) is 0.664. The molecule has 0 aliphatic carbocycles. The van der Waals surface area contributed by atoms with Gasteiger partial charge >= 0.3 is 5.97 Å². The molecule has 0 atom stereocenters. The fourth-order valence-corrected chi connectivity index (χ4v) is 3.03. The minimum Gasteiger partial charge on any atom is -0.465 e. The summed E-state index contributed by atoms with van der Waals surface area (Å²) in [5, 5.41) is 8.58. The lowest BCUT2D eigenvalue weighted by molar-refractivity contribution is 0.0596. The lowest BCUT2D eigenvalue weighted by atomic mass is 9.97. The first kappa shape index (κ1) is 17.3. The molecule has 1 aromatic carbocycles. The number of pyridine rings is 1. The van der Waals surface area contributed by atoms with Crippen LogP contribution in [0.15, 0.2) is 33.5 Å². The van der Waals surface area contributed by atoms with Gasteiger partial charge in [-0.3, -0.25) is 10.2 Å². The van der Waals surface area contributed by atoms with Crippen LogP contribution in [0.1, 0.15) is 16.1 Å². The number of H-pyrrole nitrogens is 1. The molecule has 128 valence electrons. The molecule has 2 aromatic heterocycles. The molecule has 0 radical (unpaired) electrons. The van der Waals surface area contributed by atoms with Crippen molar-refractivity contribution in [3.05, 3.63) is 61.5 Å². The molecule has 2 heterocycles. The Morgan fingerprint density at radius 1 is 1.32 bits per heavy atom. The molecule has 0 spiro atoms. The molecule has 3 aromatic rings. The number of rotatable bonds is 2. The Balaban J connectivity index is 2.62. The van der Waals surface area contributed by atoms with Crippen molar-refractivity contribution in [1.29, 1.82) is 5.41 Å². The summed E-state index contributed by atoms with van der Waals surface area (Å²) in [6.07, 6.45) is 0. The van der Waals surface area contributed by atoms with Crippen LogP contribution in [0.25, 0.3) is 22.1 Å². The number of halogens is 2. The van der Waals surface area contributed by atoms with Gasteiger partial charge in [-0.1, -0.05) is 35.3 Å². The molecule has 0 aliphatic rings. The second kappa shape index (κ2) is 6.38. The van der Waals surface area contributed by atoms with Crippen LogP contribution in [-0.2, 0) is 4.74 Å². The van der Waals surface area contributed by atoms with Crippen LogP contribution in [0.5, 0.6) is 0 Å². The SMILES string of the molecule is COC(=O)c1c(-c2cccc(Cl)c2Cl)c2c(=O)[nH]c(C)cc2oc1=N. The zero-order chi connectivity index (χ0) is 18.3. The van der Waals surface area contributed by atoms with Crippen LogP contribution in [0.4, 0.5) is 0 Å². The topological polar surface area (TPSA) is 96.2 Å². The molecule has 2 N–H and O–H groups in total. The highest BCUT2D eigenvalue weighted by molar-refractivity contribution is 6.44. The van der Waals surface area contributed by atoms with E-state index in [9.17, 15) is 9.59 Å². The van der Waals surface area contributed by atoms with Crippen molar-refractivity contribution in [3.8, 4) is 11.1 Å². The summed E-state index contributed by atoms with van der Waals surface area (Å²) < 4.78 is 10.1. The van der Waals surface area contributed by atoms with E-state index >= 15 is 0 Å². The maximum atomic E-state index is 12.6. The van der Waals surface area contributed by atoms with Crippen molar-refractivity contribution in [2.24, 2.45) is 0 Å². The Labute approximate surface area is 151 Å². The normalized spacial score (nSPS) is 10.9. The lowest BCUT2D eigenvalue weighted by Crippen LogP contribution is -2.21. The third-order valence-corrected chi connectivity index (χ3v) is 4.50. The Morgan fingerprint density at radius 2 is 2.04 bits per heavy atom. The molecule has 0 amide bonds. The first-order valence-electron chi connectivity index (χ1n) is 7.13. The summed E-state index contributed by atoms with van der Waals surface area (Å²) in [5.41, 5.74) is 0.0727. The first-order chi connectivity index (χ1) is 11.8. The average Bonchev–Trinajstić information content (AvgIpc) is 2.55. The monoisotopic (exact) mass is 378 g/mol. The molecule has 0 unspecified atom stereocenters. The molecule has 8 heteroatoms. The van der Waals surface area contributed by atoms with Crippen LogP contribution in [0.2, 0.25) is 10.0 Å². The predicted octanol–water partition coefficient (Wildman–Crippen LogP) is 3.67. The number of esters is 1. The number of nitrogens with one attached hydrogen (secondary N) is 2. The van der Waals surface area contributed by atoms with Crippen LogP contribution < -0.4 is 11.1 Å². The van der Waals surface area contributed by atoms with E-state index in [1.807, 2.05) is 0 Å². The molecule has 0 bridgehead atoms. The van der Waals surface area contributed by atoms with Gasteiger partial charge in [0.15, 0.2) is 0 Å². The van der Waals surface area contributed by atoms with Crippen molar-refractivity contribution in [1.82, 2.24) is 4.98 Å². The summed E-state index contributed by atoms with van der Waals surface area (Å²) in [6.45, 7) is 1.68. The highest BCUT2D eigenvalue weighted by Crippen LogP contribution is 2.37. The van der Waals surface area contributed by atoms with E-state index < -0.39 is 17.1 Å². The van der Waals surface area contributed by atoms with Crippen molar-refractivity contribution in [3.63, 3.8) is 0 Å². The second-order valence-electron chi connectivity index (χ2n) is 5.29. The maximum Gasteiger partial charge on any atom is 0.344 e. The Bertz CT molecular complexity index is 1130. The fourth-order valence-electron chi connectivity index (χ4n) is 2.64. The average molecular weight is 379 g/mol. The summed E-state index contributed by atoms with van der Waals surface area (Å²) >= 11 is 12.4. The van der Waals surface area contributed by atoms with E-state index in [2.05, 4.69) is 4.98 Å². The standard InChI is InChI=1S/C17H12Cl2N2O4/c1-7-6-10-12(16(22)21-7)11(8-4-3-5-9(18)14(8)19)13(15(20)25-10)17(23)24-2/h3-6,20H,1-2H3,(H,21,22). The van der Waals surface area contributed by atoms with Gasteiger partial charge in [0.2, 0.25) is 5.55 Å². The van der Waals surface area contributed by atoms with Crippen LogP contribution in [-0.4, -0.2) is 18.1 Å². The molecule has 0 saturated heterocycles. The van der Waals surface area contributed by atoms with E-state index in [0.29, 0.717) is 11.3 Å². The summed E-state index contributed by atoms with van der Waals surface area (Å²) in [7, 11) is 1.18. The third-order valence-electron chi connectivity index (χ3n) is 3.68. The summed E-state index contributed by atoms with van der Waals surface area (Å²) in [4.78, 5) is 27.5. The van der Waals surface area contributed by atoms with Crippen molar-refractivity contribution >= 4 is 40.1 Å². The number of hydrogen-bond acceptors (Lipinski definition) is 5.